The second-order valence-corrected chi connectivity index (χ2v) is 6.67. The maximum atomic E-state index is 3.75. The van der Waals surface area contributed by atoms with Crippen LogP contribution in [0.5, 0.6) is 0 Å². The largest absolute Gasteiger partial charge is 0.309 e. The first-order valence-corrected chi connectivity index (χ1v) is 8.19. The molecule has 1 fully saturated rings. The van der Waals surface area contributed by atoms with E-state index in [0.29, 0.717) is 6.04 Å². The van der Waals surface area contributed by atoms with E-state index in [1.807, 2.05) is 0 Å². The molecule has 0 aliphatic carbocycles. The molecule has 0 bridgehead atoms. The molecule has 1 nitrogen and oxygen atoms in total. The summed E-state index contributed by atoms with van der Waals surface area (Å²) in [6.45, 7) is 7.77. The normalized spacial score (nSPS) is 21.2. The first-order valence-electron chi connectivity index (χ1n) is 7.14. The van der Waals surface area contributed by atoms with Gasteiger partial charge in [-0.25, -0.2) is 0 Å². The van der Waals surface area contributed by atoms with Crippen LogP contribution in [-0.4, -0.2) is 17.5 Å². The van der Waals surface area contributed by atoms with Gasteiger partial charge in [-0.3, -0.25) is 0 Å². The van der Waals surface area contributed by atoms with Gasteiger partial charge in [-0.1, -0.05) is 25.1 Å². The smallest absolute Gasteiger partial charge is 0.0440 e. The lowest BCUT2D eigenvalue weighted by Gasteiger charge is -2.25. The molecule has 0 saturated carbocycles. The van der Waals surface area contributed by atoms with Gasteiger partial charge in [-0.05, 0) is 62.1 Å². The van der Waals surface area contributed by atoms with Crippen LogP contribution in [0.15, 0.2) is 18.2 Å². The highest BCUT2D eigenvalue weighted by atomic mass is 32.2. The van der Waals surface area contributed by atoms with Gasteiger partial charge in [-0.15, -0.1) is 0 Å². The highest BCUT2D eigenvalue weighted by Crippen LogP contribution is 2.36. The van der Waals surface area contributed by atoms with E-state index in [-0.39, 0.29) is 0 Å². The monoisotopic (exact) mass is 263 g/mol. The highest BCUT2D eigenvalue weighted by Gasteiger charge is 2.26. The Morgan fingerprint density at radius 3 is 2.78 bits per heavy atom. The number of nitrogens with one attached hydrogen (secondary N) is 1. The average molecular weight is 263 g/mol. The second-order valence-electron chi connectivity index (χ2n) is 5.33. The van der Waals surface area contributed by atoms with Crippen molar-refractivity contribution in [2.45, 2.75) is 51.3 Å². The van der Waals surface area contributed by atoms with E-state index in [1.54, 1.807) is 0 Å². The van der Waals surface area contributed by atoms with E-state index < -0.39 is 0 Å². The Hall–Kier alpha value is -0.470. The minimum Gasteiger partial charge on any atom is -0.309 e. The minimum absolute atomic E-state index is 0.539. The van der Waals surface area contributed by atoms with Crippen LogP contribution in [0.2, 0.25) is 0 Å². The number of rotatable bonds is 5. The van der Waals surface area contributed by atoms with Gasteiger partial charge in [0.05, 0.1) is 0 Å². The first kappa shape index (κ1) is 14.0. The summed E-state index contributed by atoms with van der Waals surface area (Å²) in [7, 11) is 0. The van der Waals surface area contributed by atoms with Crippen LogP contribution in [0.1, 0.15) is 48.9 Å². The predicted octanol–water partition coefficient (Wildman–Crippen LogP) is 4.24. The summed E-state index contributed by atoms with van der Waals surface area (Å²) in [4.78, 5) is 0. The van der Waals surface area contributed by atoms with Crippen molar-refractivity contribution in [3.05, 3.63) is 34.9 Å². The standard InChI is InChI=1S/C16H25NS/c1-4-9-17-16(15-6-5-10-18-15)14-8-7-12(2)13(3)11-14/h7-8,11,15-17H,4-6,9-10H2,1-3H3. The van der Waals surface area contributed by atoms with Crippen LogP contribution in [-0.2, 0) is 0 Å². The molecule has 1 aromatic carbocycles. The molecule has 18 heavy (non-hydrogen) atoms. The Labute approximate surface area is 116 Å². The van der Waals surface area contributed by atoms with Crippen molar-refractivity contribution in [1.29, 1.82) is 0 Å². The molecule has 2 heteroatoms. The molecule has 100 valence electrons. The summed E-state index contributed by atoms with van der Waals surface area (Å²) in [6, 6.07) is 7.50. The lowest BCUT2D eigenvalue weighted by Crippen LogP contribution is -2.29. The molecule has 1 aromatic rings. The quantitative estimate of drug-likeness (QED) is 0.853. The zero-order chi connectivity index (χ0) is 13.0. The Kier molecular flexibility index (Phi) is 5.13. The van der Waals surface area contributed by atoms with E-state index in [0.717, 1.165) is 11.8 Å². The van der Waals surface area contributed by atoms with Crippen LogP contribution in [0, 0.1) is 13.8 Å². The van der Waals surface area contributed by atoms with Gasteiger partial charge in [0, 0.05) is 11.3 Å². The fourth-order valence-electron chi connectivity index (χ4n) is 2.59. The van der Waals surface area contributed by atoms with Crippen LogP contribution in [0.25, 0.3) is 0 Å². The molecule has 2 rings (SSSR count). The Morgan fingerprint density at radius 1 is 1.33 bits per heavy atom. The topological polar surface area (TPSA) is 12.0 Å². The van der Waals surface area contributed by atoms with Gasteiger partial charge in [0.2, 0.25) is 0 Å². The van der Waals surface area contributed by atoms with Gasteiger partial charge >= 0.3 is 0 Å². The third-order valence-electron chi connectivity index (χ3n) is 3.84. The fourth-order valence-corrected chi connectivity index (χ4v) is 4.00. The van der Waals surface area contributed by atoms with Gasteiger partial charge in [0.1, 0.15) is 0 Å². The minimum atomic E-state index is 0.539. The van der Waals surface area contributed by atoms with E-state index in [4.69, 9.17) is 0 Å². The number of thioether (sulfide) groups is 1. The summed E-state index contributed by atoms with van der Waals surface area (Å²) >= 11 is 2.14. The van der Waals surface area contributed by atoms with Crippen molar-refractivity contribution in [1.82, 2.24) is 5.32 Å². The van der Waals surface area contributed by atoms with Gasteiger partial charge in [0.25, 0.3) is 0 Å². The van der Waals surface area contributed by atoms with Crippen LogP contribution in [0.4, 0.5) is 0 Å². The Balaban J connectivity index is 2.17. The molecule has 1 N–H and O–H groups in total. The zero-order valence-electron chi connectivity index (χ0n) is 11.8. The summed E-state index contributed by atoms with van der Waals surface area (Å²) in [6.07, 6.45) is 3.95. The van der Waals surface area contributed by atoms with E-state index in [2.05, 4.69) is 56.0 Å². The second kappa shape index (κ2) is 6.63. The number of benzene rings is 1. The third kappa shape index (κ3) is 3.30. The number of hydrogen-bond acceptors (Lipinski definition) is 2. The van der Waals surface area contributed by atoms with Gasteiger partial charge in [0.15, 0.2) is 0 Å². The SMILES string of the molecule is CCCNC(c1ccc(C)c(C)c1)C1CCCS1. The molecule has 2 unspecified atom stereocenters. The molecular weight excluding hydrogens is 238 g/mol. The first-order chi connectivity index (χ1) is 8.72. The highest BCUT2D eigenvalue weighted by molar-refractivity contribution is 8.00. The lowest BCUT2D eigenvalue weighted by atomic mass is 9.97. The predicted molar refractivity (Wildman–Crippen MR) is 82.4 cm³/mol. The number of hydrogen-bond donors (Lipinski definition) is 1. The van der Waals surface area contributed by atoms with Crippen molar-refractivity contribution in [3.63, 3.8) is 0 Å². The summed E-state index contributed by atoms with van der Waals surface area (Å²) in [5.74, 6) is 1.33. The van der Waals surface area contributed by atoms with Crippen LogP contribution in [0.3, 0.4) is 0 Å². The molecule has 1 saturated heterocycles. The van der Waals surface area contributed by atoms with Crippen molar-refractivity contribution in [3.8, 4) is 0 Å². The van der Waals surface area contributed by atoms with E-state index in [9.17, 15) is 0 Å². The van der Waals surface area contributed by atoms with E-state index >= 15 is 0 Å². The van der Waals surface area contributed by atoms with Crippen molar-refractivity contribution >= 4 is 11.8 Å². The Morgan fingerprint density at radius 2 is 2.17 bits per heavy atom. The maximum Gasteiger partial charge on any atom is 0.0440 e. The van der Waals surface area contributed by atoms with Crippen LogP contribution < -0.4 is 5.32 Å². The van der Waals surface area contributed by atoms with Crippen LogP contribution >= 0.6 is 11.8 Å². The fraction of sp³-hybridized carbons (Fsp3) is 0.625. The van der Waals surface area contributed by atoms with Crippen molar-refractivity contribution in [2.75, 3.05) is 12.3 Å². The molecule has 1 aliphatic rings. The zero-order valence-corrected chi connectivity index (χ0v) is 12.6. The van der Waals surface area contributed by atoms with E-state index in [1.165, 1.54) is 41.7 Å². The lowest BCUT2D eigenvalue weighted by molar-refractivity contribution is 0.503. The molecule has 1 aliphatic heterocycles. The summed E-state index contributed by atoms with van der Waals surface area (Å²) in [5, 5.41) is 4.52. The van der Waals surface area contributed by atoms with Crippen molar-refractivity contribution in [2.24, 2.45) is 0 Å². The average Bonchev–Trinajstić information content (AvgIpc) is 2.88. The maximum absolute atomic E-state index is 3.75. The van der Waals surface area contributed by atoms with Crippen molar-refractivity contribution < 1.29 is 0 Å². The number of aryl methyl sites for hydroxylation is 2. The van der Waals surface area contributed by atoms with Gasteiger partial charge < -0.3 is 5.32 Å². The molecule has 2 atom stereocenters. The summed E-state index contributed by atoms with van der Waals surface area (Å²) < 4.78 is 0. The van der Waals surface area contributed by atoms with Gasteiger partial charge in [-0.2, -0.15) is 11.8 Å². The molecule has 0 radical (unpaired) electrons. The Bertz CT molecular complexity index is 383. The summed E-state index contributed by atoms with van der Waals surface area (Å²) in [5.41, 5.74) is 4.29. The molecule has 1 heterocycles. The molecular formula is C16H25NS. The molecule has 0 spiro atoms. The molecule has 0 aromatic heterocycles. The molecule has 0 amide bonds. The third-order valence-corrected chi connectivity index (χ3v) is 5.30.